The van der Waals surface area contributed by atoms with Crippen LogP contribution in [-0.4, -0.2) is 5.16 Å². The van der Waals surface area contributed by atoms with Crippen LogP contribution < -0.4 is 5.73 Å². The Bertz CT molecular complexity index is 720. The summed E-state index contributed by atoms with van der Waals surface area (Å²) in [5.41, 5.74) is 9.17. The number of benzene rings is 2. The fraction of sp³-hybridized carbons (Fsp3) is 0.118. The molecule has 0 aliphatic carbocycles. The number of nitrogens with zero attached hydrogens (tertiary/aromatic N) is 1. The highest BCUT2D eigenvalue weighted by molar-refractivity contribution is 9.10. The molecule has 2 aromatic carbocycles. The highest BCUT2D eigenvalue weighted by atomic mass is 79.9. The van der Waals surface area contributed by atoms with Gasteiger partial charge in [-0.25, -0.2) is 0 Å². The number of aryl methyl sites for hydroxylation is 2. The summed E-state index contributed by atoms with van der Waals surface area (Å²) in [7, 11) is 0. The van der Waals surface area contributed by atoms with Crippen LogP contribution in [-0.2, 0) is 12.8 Å². The van der Waals surface area contributed by atoms with Crippen molar-refractivity contribution < 1.29 is 4.52 Å². The average molecular weight is 343 g/mol. The van der Waals surface area contributed by atoms with Crippen molar-refractivity contribution in [2.45, 2.75) is 12.8 Å². The number of hydrogen-bond donors (Lipinski definition) is 1. The van der Waals surface area contributed by atoms with E-state index in [-0.39, 0.29) is 0 Å². The number of halogens is 1. The first-order valence-corrected chi connectivity index (χ1v) is 7.57. The maximum atomic E-state index is 5.96. The molecule has 0 saturated carbocycles. The summed E-state index contributed by atoms with van der Waals surface area (Å²) in [4.78, 5) is 0. The van der Waals surface area contributed by atoms with Gasteiger partial charge in [0.25, 0.3) is 0 Å². The molecule has 3 aromatic rings. The van der Waals surface area contributed by atoms with Crippen molar-refractivity contribution in [2.75, 3.05) is 5.73 Å². The second-order valence-electron chi connectivity index (χ2n) is 4.86. The monoisotopic (exact) mass is 342 g/mol. The average Bonchev–Trinajstić information content (AvgIpc) is 2.88. The standard InChI is InChI=1S/C17H15BrN2O/c18-14-9-7-13(8-10-14)16-15(21-20-17(16)19)11-6-12-4-2-1-3-5-12/h1-5,7-10H,6,11H2,(H2,19,20). The number of hydrogen-bond acceptors (Lipinski definition) is 3. The summed E-state index contributed by atoms with van der Waals surface area (Å²) >= 11 is 3.44. The van der Waals surface area contributed by atoms with E-state index in [1.54, 1.807) is 0 Å². The molecule has 1 aromatic heterocycles. The fourth-order valence-electron chi connectivity index (χ4n) is 2.34. The molecule has 106 valence electrons. The Morgan fingerprint density at radius 1 is 0.952 bits per heavy atom. The highest BCUT2D eigenvalue weighted by Crippen LogP contribution is 2.31. The first-order valence-electron chi connectivity index (χ1n) is 6.78. The summed E-state index contributed by atoms with van der Waals surface area (Å²) in [6.07, 6.45) is 1.68. The van der Waals surface area contributed by atoms with Gasteiger partial charge in [0.1, 0.15) is 5.76 Å². The molecule has 0 amide bonds. The number of rotatable bonds is 4. The van der Waals surface area contributed by atoms with E-state index in [0.717, 1.165) is 34.2 Å². The van der Waals surface area contributed by atoms with E-state index in [1.807, 2.05) is 42.5 Å². The molecule has 1 heterocycles. The zero-order valence-corrected chi connectivity index (χ0v) is 13.0. The Balaban J connectivity index is 1.85. The van der Waals surface area contributed by atoms with Gasteiger partial charge in [0.05, 0.1) is 5.56 Å². The van der Waals surface area contributed by atoms with E-state index < -0.39 is 0 Å². The van der Waals surface area contributed by atoms with Gasteiger partial charge in [-0.2, -0.15) is 0 Å². The predicted molar refractivity (Wildman–Crippen MR) is 87.9 cm³/mol. The normalized spacial score (nSPS) is 10.7. The van der Waals surface area contributed by atoms with Crippen LogP contribution in [0.1, 0.15) is 11.3 Å². The minimum atomic E-state index is 0.445. The SMILES string of the molecule is Nc1noc(CCc2ccccc2)c1-c1ccc(Br)cc1. The van der Waals surface area contributed by atoms with Crippen LogP contribution in [0, 0.1) is 0 Å². The molecule has 0 radical (unpaired) electrons. The molecular formula is C17H15BrN2O. The smallest absolute Gasteiger partial charge is 0.175 e. The number of anilines is 1. The third kappa shape index (κ3) is 3.16. The van der Waals surface area contributed by atoms with Crippen molar-refractivity contribution in [2.24, 2.45) is 0 Å². The lowest BCUT2D eigenvalue weighted by Crippen LogP contribution is -1.93. The molecule has 0 spiro atoms. The van der Waals surface area contributed by atoms with Gasteiger partial charge >= 0.3 is 0 Å². The Hall–Kier alpha value is -2.07. The Labute approximate surface area is 131 Å². The predicted octanol–water partition coefficient (Wildman–Crippen LogP) is 4.47. The van der Waals surface area contributed by atoms with Gasteiger partial charge in [-0.1, -0.05) is 63.6 Å². The topological polar surface area (TPSA) is 52.0 Å². The van der Waals surface area contributed by atoms with E-state index in [4.69, 9.17) is 10.3 Å². The Kier molecular flexibility index (Phi) is 4.06. The number of nitrogens with two attached hydrogens (primary N) is 1. The molecule has 0 atom stereocenters. The van der Waals surface area contributed by atoms with Gasteiger partial charge in [0.15, 0.2) is 5.82 Å². The molecule has 2 N–H and O–H groups in total. The summed E-state index contributed by atoms with van der Waals surface area (Å²) in [5, 5.41) is 3.92. The second kappa shape index (κ2) is 6.14. The summed E-state index contributed by atoms with van der Waals surface area (Å²) < 4.78 is 6.45. The Morgan fingerprint density at radius 2 is 1.67 bits per heavy atom. The second-order valence-corrected chi connectivity index (χ2v) is 5.77. The van der Waals surface area contributed by atoms with Crippen LogP contribution in [0.15, 0.2) is 63.6 Å². The van der Waals surface area contributed by atoms with Crippen LogP contribution in [0.3, 0.4) is 0 Å². The van der Waals surface area contributed by atoms with Gasteiger partial charge in [-0.3, -0.25) is 0 Å². The number of nitrogen functional groups attached to an aromatic ring is 1. The molecule has 21 heavy (non-hydrogen) atoms. The van der Waals surface area contributed by atoms with Gasteiger partial charge in [0, 0.05) is 10.9 Å². The van der Waals surface area contributed by atoms with Crippen LogP contribution in [0.5, 0.6) is 0 Å². The lowest BCUT2D eigenvalue weighted by molar-refractivity contribution is 0.386. The zero-order chi connectivity index (χ0) is 14.7. The quantitative estimate of drug-likeness (QED) is 0.760. The highest BCUT2D eigenvalue weighted by Gasteiger charge is 2.15. The van der Waals surface area contributed by atoms with Gasteiger partial charge in [-0.15, -0.1) is 0 Å². The largest absolute Gasteiger partial charge is 0.380 e. The van der Waals surface area contributed by atoms with E-state index >= 15 is 0 Å². The molecule has 0 unspecified atom stereocenters. The van der Waals surface area contributed by atoms with Gasteiger partial charge in [-0.05, 0) is 29.7 Å². The van der Waals surface area contributed by atoms with E-state index in [9.17, 15) is 0 Å². The summed E-state index contributed by atoms with van der Waals surface area (Å²) in [5.74, 6) is 1.28. The Morgan fingerprint density at radius 3 is 2.38 bits per heavy atom. The van der Waals surface area contributed by atoms with E-state index in [1.165, 1.54) is 5.56 Å². The van der Waals surface area contributed by atoms with Crippen molar-refractivity contribution in [3.63, 3.8) is 0 Å². The number of aromatic nitrogens is 1. The van der Waals surface area contributed by atoms with Gasteiger partial charge in [0.2, 0.25) is 0 Å². The third-order valence-electron chi connectivity index (χ3n) is 3.41. The van der Waals surface area contributed by atoms with Crippen molar-refractivity contribution in [1.29, 1.82) is 0 Å². The molecule has 3 rings (SSSR count). The molecular weight excluding hydrogens is 328 g/mol. The lowest BCUT2D eigenvalue weighted by Gasteiger charge is -2.03. The molecule has 0 saturated heterocycles. The van der Waals surface area contributed by atoms with Crippen LogP contribution in [0.2, 0.25) is 0 Å². The molecule has 0 fully saturated rings. The third-order valence-corrected chi connectivity index (χ3v) is 3.93. The van der Waals surface area contributed by atoms with Crippen LogP contribution >= 0.6 is 15.9 Å². The molecule has 3 nitrogen and oxygen atoms in total. The summed E-state index contributed by atoms with van der Waals surface area (Å²) in [6.45, 7) is 0. The van der Waals surface area contributed by atoms with E-state index in [2.05, 4.69) is 33.2 Å². The molecule has 0 aliphatic rings. The van der Waals surface area contributed by atoms with Crippen molar-refractivity contribution in [3.05, 3.63) is 70.4 Å². The fourth-order valence-corrected chi connectivity index (χ4v) is 2.60. The van der Waals surface area contributed by atoms with Crippen LogP contribution in [0.4, 0.5) is 5.82 Å². The maximum absolute atomic E-state index is 5.96. The maximum Gasteiger partial charge on any atom is 0.175 e. The molecule has 0 bridgehead atoms. The van der Waals surface area contributed by atoms with Crippen molar-refractivity contribution >= 4 is 21.7 Å². The molecule has 4 heteroatoms. The van der Waals surface area contributed by atoms with Gasteiger partial charge < -0.3 is 10.3 Å². The molecule has 0 aliphatic heterocycles. The summed E-state index contributed by atoms with van der Waals surface area (Å²) in [6, 6.07) is 18.3. The minimum Gasteiger partial charge on any atom is -0.380 e. The lowest BCUT2D eigenvalue weighted by atomic mass is 10.0. The van der Waals surface area contributed by atoms with Crippen molar-refractivity contribution in [3.8, 4) is 11.1 Å². The first kappa shape index (κ1) is 13.9. The van der Waals surface area contributed by atoms with Crippen LogP contribution in [0.25, 0.3) is 11.1 Å². The zero-order valence-electron chi connectivity index (χ0n) is 11.4. The minimum absolute atomic E-state index is 0.445. The van der Waals surface area contributed by atoms with Crippen molar-refractivity contribution in [1.82, 2.24) is 5.16 Å². The first-order chi connectivity index (χ1) is 10.2. The van der Waals surface area contributed by atoms with E-state index in [0.29, 0.717) is 5.82 Å².